The van der Waals surface area contributed by atoms with Gasteiger partial charge in [0.2, 0.25) is 5.91 Å². The second kappa shape index (κ2) is 58.4. The van der Waals surface area contributed by atoms with E-state index in [1.807, 2.05) is 6.08 Å². The number of ether oxygens (including phenoxy) is 1. The molecule has 0 aliphatic rings. The van der Waals surface area contributed by atoms with Crippen molar-refractivity contribution in [3.63, 3.8) is 0 Å². The van der Waals surface area contributed by atoms with Gasteiger partial charge in [0.05, 0.1) is 25.4 Å². The summed E-state index contributed by atoms with van der Waals surface area (Å²) >= 11 is 0. The molecule has 2 unspecified atom stereocenters. The van der Waals surface area contributed by atoms with E-state index < -0.39 is 12.1 Å². The van der Waals surface area contributed by atoms with Gasteiger partial charge in [-0.05, 0) is 83.5 Å². The van der Waals surface area contributed by atoms with E-state index in [0.29, 0.717) is 19.4 Å². The molecule has 6 heteroatoms. The highest BCUT2D eigenvalue weighted by Crippen LogP contribution is 2.17. The molecule has 0 aromatic heterocycles. The molecule has 6 nitrogen and oxygen atoms in total. The molecular formula is C63H117NO5. The van der Waals surface area contributed by atoms with Crippen LogP contribution in [-0.4, -0.2) is 47.4 Å². The fourth-order valence-electron chi connectivity index (χ4n) is 9.14. The SMILES string of the molecule is CCC/C=C\C/C=C\CCCCCCCC(=O)OCCCCCCCCC/C=C\CCCCCCCC(=O)NC(CO)C(O)/C=C/CCCCCCCCCCCCCCCCCCCCCCC. The highest BCUT2D eigenvalue weighted by atomic mass is 16.5. The van der Waals surface area contributed by atoms with E-state index in [1.165, 1.54) is 212 Å². The van der Waals surface area contributed by atoms with Gasteiger partial charge in [-0.3, -0.25) is 9.59 Å². The molecule has 0 saturated heterocycles. The van der Waals surface area contributed by atoms with Crippen LogP contribution in [0.2, 0.25) is 0 Å². The third kappa shape index (κ3) is 55.0. The Kier molecular flexibility index (Phi) is 56.5. The van der Waals surface area contributed by atoms with Gasteiger partial charge in [0.1, 0.15) is 0 Å². The molecular weight excluding hydrogens is 851 g/mol. The maximum Gasteiger partial charge on any atom is 0.305 e. The van der Waals surface area contributed by atoms with Crippen molar-refractivity contribution in [1.82, 2.24) is 5.32 Å². The minimum absolute atomic E-state index is 0.0193. The zero-order chi connectivity index (χ0) is 50.0. The lowest BCUT2D eigenvalue weighted by Gasteiger charge is -2.20. The van der Waals surface area contributed by atoms with Gasteiger partial charge < -0.3 is 20.3 Å². The van der Waals surface area contributed by atoms with E-state index in [4.69, 9.17) is 4.74 Å². The minimum atomic E-state index is -0.857. The Morgan fingerprint density at radius 2 is 0.754 bits per heavy atom. The van der Waals surface area contributed by atoms with Crippen molar-refractivity contribution in [3.05, 3.63) is 48.6 Å². The summed E-state index contributed by atoms with van der Waals surface area (Å²) in [5.41, 5.74) is 0. The number of allylic oxidation sites excluding steroid dienone is 7. The highest BCUT2D eigenvalue weighted by Gasteiger charge is 2.18. The van der Waals surface area contributed by atoms with Gasteiger partial charge in [0.15, 0.2) is 0 Å². The molecule has 0 aliphatic heterocycles. The fourth-order valence-corrected chi connectivity index (χ4v) is 9.14. The molecule has 404 valence electrons. The number of nitrogens with one attached hydrogen (secondary N) is 1. The monoisotopic (exact) mass is 968 g/mol. The topological polar surface area (TPSA) is 95.9 Å². The Hall–Kier alpha value is -2.18. The van der Waals surface area contributed by atoms with Gasteiger partial charge in [0, 0.05) is 12.8 Å². The van der Waals surface area contributed by atoms with E-state index in [0.717, 1.165) is 77.0 Å². The molecule has 0 rings (SSSR count). The number of hydrogen-bond donors (Lipinski definition) is 3. The van der Waals surface area contributed by atoms with Crippen LogP contribution >= 0.6 is 0 Å². The molecule has 0 bridgehead atoms. The molecule has 0 aliphatic carbocycles. The van der Waals surface area contributed by atoms with Gasteiger partial charge in [-0.15, -0.1) is 0 Å². The maximum absolute atomic E-state index is 12.5. The fraction of sp³-hybridized carbons (Fsp3) is 0.841. The van der Waals surface area contributed by atoms with Crippen LogP contribution in [-0.2, 0) is 14.3 Å². The van der Waals surface area contributed by atoms with Crippen molar-refractivity contribution in [2.75, 3.05) is 13.2 Å². The smallest absolute Gasteiger partial charge is 0.305 e. The molecule has 0 aromatic carbocycles. The summed E-state index contributed by atoms with van der Waals surface area (Å²) in [5, 5.41) is 23.2. The summed E-state index contributed by atoms with van der Waals surface area (Å²) in [6.07, 6.45) is 74.3. The highest BCUT2D eigenvalue weighted by molar-refractivity contribution is 5.76. The number of carbonyl (C=O) groups excluding carboxylic acids is 2. The van der Waals surface area contributed by atoms with Crippen LogP contribution in [0.15, 0.2) is 48.6 Å². The van der Waals surface area contributed by atoms with Crippen LogP contribution in [0.4, 0.5) is 0 Å². The van der Waals surface area contributed by atoms with Gasteiger partial charge >= 0.3 is 5.97 Å². The van der Waals surface area contributed by atoms with Gasteiger partial charge in [-0.2, -0.15) is 0 Å². The van der Waals surface area contributed by atoms with E-state index in [1.54, 1.807) is 6.08 Å². The number of esters is 1. The van der Waals surface area contributed by atoms with E-state index in [-0.39, 0.29) is 18.5 Å². The first-order valence-corrected chi connectivity index (χ1v) is 30.4. The van der Waals surface area contributed by atoms with Gasteiger partial charge in [-0.25, -0.2) is 0 Å². The number of aliphatic hydroxyl groups is 2. The van der Waals surface area contributed by atoms with Crippen molar-refractivity contribution in [1.29, 1.82) is 0 Å². The van der Waals surface area contributed by atoms with Crippen molar-refractivity contribution >= 4 is 11.9 Å². The summed E-state index contributed by atoms with van der Waals surface area (Å²) in [4.78, 5) is 24.5. The normalized spacial score (nSPS) is 12.9. The van der Waals surface area contributed by atoms with Gasteiger partial charge in [-0.1, -0.05) is 268 Å². The lowest BCUT2D eigenvalue weighted by Crippen LogP contribution is -2.45. The Bertz CT molecular complexity index is 1160. The lowest BCUT2D eigenvalue weighted by atomic mass is 10.0. The Labute approximate surface area is 429 Å². The van der Waals surface area contributed by atoms with Crippen LogP contribution in [0.5, 0.6) is 0 Å². The molecule has 0 fully saturated rings. The van der Waals surface area contributed by atoms with Gasteiger partial charge in [0.25, 0.3) is 0 Å². The second-order valence-electron chi connectivity index (χ2n) is 20.7. The number of carbonyl (C=O) groups is 2. The number of amides is 1. The number of aliphatic hydroxyl groups excluding tert-OH is 2. The van der Waals surface area contributed by atoms with Crippen LogP contribution in [0.3, 0.4) is 0 Å². The molecule has 1 amide bonds. The number of hydrogen-bond acceptors (Lipinski definition) is 5. The zero-order valence-electron chi connectivity index (χ0n) is 46.0. The molecule has 0 saturated carbocycles. The Morgan fingerprint density at radius 3 is 1.17 bits per heavy atom. The number of unbranched alkanes of at least 4 members (excludes halogenated alkanes) is 39. The van der Waals surface area contributed by atoms with E-state index >= 15 is 0 Å². The van der Waals surface area contributed by atoms with Crippen molar-refractivity contribution in [3.8, 4) is 0 Å². The van der Waals surface area contributed by atoms with Crippen LogP contribution < -0.4 is 5.32 Å². The molecule has 3 N–H and O–H groups in total. The van der Waals surface area contributed by atoms with Crippen molar-refractivity contribution < 1.29 is 24.5 Å². The molecule has 0 aromatic rings. The predicted molar refractivity (Wildman–Crippen MR) is 301 cm³/mol. The number of rotatable bonds is 56. The Balaban J connectivity index is 3.51. The average molecular weight is 969 g/mol. The molecule has 0 heterocycles. The third-order valence-corrected chi connectivity index (χ3v) is 13.8. The third-order valence-electron chi connectivity index (χ3n) is 13.8. The first-order chi connectivity index (χ1) is 34.0. The first-order valence-electron chi connectivity index (χ1n) is 30.4. The molecule has 0 radical (unpaired) electrons. The van der Waals surface area contributed by atoms with E-state index in [9.17, 15) is 19.8 Å². The zero-order valence-corrected chi connectivity index (χ0v) is 46.0. The second-order valence-corrected chi connectivity index (χ2v) is 20.7. The maximum atomic E-state index is 12.5. The molecule has 0 spiro atoms. The van der Waals surface area contributed by atoms with E-state index in [2.05, 4.69) is 55.6 Å². The van der Waals surface area contributed by atoms with Crippen molar-refractivity contribution in [2.45, 2.75) is 328 Å². The lowest BCUT2D eigenvalue weighted by molar-refractivity contribution is -0.143. The van der Waals surface area contributed by atoms with Crippen molar-refractivity contribution in [2.24, 2.45) is 0 Å². The summed E-state index contributed by atoms with van der Waals surface area (Å²) in [6, 6.07) is -0.643. The van der Waals surface area contributed by atoms with Crippen LogP contribution in [0.25, 0.3) is 0 Å². The minimum Gasteiger partial charge on any atom is -0.466 e. The Morgan fingerprint density at radius 1 is 0.406 bits per heavy atom. The quantitative estimate of drug-likeness (QED) is 0.0321. The molecule has 2 atom stereocenters. The summed E-state index contributed by atoms with van der Waals surface area (Å²) in [6.45, 7) is 4.82. The summed E-state index contributed by atoms with van der Waals surface area (Å²) < 4.78 is 5.45. The predicted octanol–water partition coefficient (Wildman–Crippen LogP) is 19.0. The summed E-state index contributed by atoms with van der Waals surface area (Å²) in [5.74, 6) is -0.103. The largest absolute Gasteiger partial charge is 0.466 e. The summed E-state index contributed by atoms with van der Waals surface area (Å²) in [7, 11) is 0. The first kappa shape index (κ1) is 66.8. The standard InChI is InChI=1S/C63H117NO5/c1-3-5-7-9-11-13-15-17-18-19-20-21-22-23-24-25-28-32-35-39-43-47-51-55-61(66)60(59-65)64-62(67)56-52-48-44-40-36-33-29-26-27-30-34-38-42-46-50-54-58-69-63(68)57-53-49-45-41-37-31-16-14-12-10-8-6-4-2/h8,10,14,16,26,29,51,55,60-61,65-66H,3-7,9,11-13,15,17-25,27-28,30-50,52-54,56-59H2,1-2H3,(H,64,67)/b10-8-,16-14-,29-26-,55-51+. The molecule has 69 heavy (non-hydrogen) atoms. The van der Waals surface area contributed by atoms with Crippen LogP contribution in [0, 0.1) is 0 Å². The average Bonchev–Trinajstić information content (AvgIpc) is 3.35. The van der Waals surface area contributed by atoms with Crippen LogP contribution in [0.1, 0.15) is 316 Å².